The minimum Gasteiger partial charge on any atom is -0.508 e. The Morgan fingerprint density at radius 1 is 1.11 bits per heavy atom. The van der Waals surface area contributed by atoms with Crippen molar-refractivity contribution in [3.63, 3.8) is 0 Å². The van der Waals surface area contributed by atoms with Crippen molar-refractivity contribution in [2.45, 2.75) is 25.9 Å². The quantitative estimate of drug-likeness (QED) is 0.203. The molecule has 5 rings (SSSR count). The summed E-state index contributed by atoms with van der Waals surface area (Å²) in [5.74, 6) is 0.571. The van der Waals surface area contributed by atoms with E-state index in [1.54, 1.807) is 30.5 Å². The minimum atomic E-state index is -0.401. The number of nitro groups is 1. The van der Waals surface area contributed by atoms with E-state index in [9.17, 15) is 15.2 Å². The molecule has 188 valence electrons. The Hall–Kier alpha value is -4.44. The van der Waals surface area contributed by atoms with Crippen LogP contribution < -0.4 is 15.0 Å². The van der Waals surface area contributed by atoms with Gasteiger partial charge >= 0.3 is 0 Å². The van der Waals surface area contributed by atoms with Gasteiger partial charge in [-0.1, -0.05) is 6.07 Å². The molecule has 2 N–H and O–H groups in total. The summed E-state index contributed by atoms with van der Waals surface area (Å²) in [6, 6.07) is 18.9. The average Bonchev–Trinajstić information content (AvgIpc) is 3.39. The summed E-state index contributed by atoms with van der Waals surface area (Å²) < 4.78 is 7.11. The van der Waals surface area contributed by atoms with Crippen LogP contribution in [0.5, 0.6) is 11.5 Å². The normalized spacial score (nSPS) is 17.1. The zero-order chi connectivity index (χ0) is 26.3. The first-order valence-corrected chi connectivity index (χ1v) is 12.0. The van der Waals surface area contributed by atoms with Gasteiger partial charge in [-0.15, -0.1) is 0 Å². The molecule has 1 saturated heterocycles. The molecule has 1 fully saturated rings. The highest BCUT2D eigenvalue weighted by molar-refractivity contribution is 7.80. The molecule has 9 nitrogen and oxygen atoms in total. The maximum Gasteiger partial charge on any atom is 0.296 e. The number of hydrogen-bond donors (Lipinski definition) is 2. The fourth-order valence-electron chi connectivity index (χ4n) is 4.99. The Bertz CT molecular complexity index is 1490. The predicted molar refractivity (Wildman–Crippen MR) is 144 cm³/mol. The van der Waals surface area contributed by atoms with Gasteiger partial charge in [-0.3, -0.25) is 15.1 Å². The summed E-state index contributed by atoms with van der Waals surface area (Å²) in [5.41, 5.74) is 4.64. The lowest BCUT2D eigenvalue weighted by molar-refractivity contribution is -0.384. The Morgan fingerprint density at radius 2 is 1.86 bits per heavy atom. The van der Waals surface area contributed by atoms with E-state index < -0.39 is 4.92 Å². The van der Waals surface area contributed by atoms with Crippen LogP contribution in [0.1, 0.15) is 34.7 Å². The second-order valence-electron chi connectivity index (χ2n) is 8.79. The summed E-state index contributed by atoms with van der Waals surface area (Å²) in [6.45, 7) is 3.87. The van der Waals surface area contributed by atoms with Crippen LogP contribution in [0.4, 0.5) is 11.4 Å². The van der Waals surface area contributed by atoms with Crippen molar-refractivity contribution in [3.8, 4) is 17.2 Å². The van der Waals surface area contributed by atoms with Gasteiger partial charge in [0.15, 0.2) is 5.11 Å². The molecule has 0 bridgehead atoms. The van der Waals surface area contributed by atoms with Gasteiger partial charge in [0, 0.05) is 23.3 Å². The Labute approximate surface area is 219 Å². The van der Waals surface area contributed by atoms with E-state index in [2.05, 4.69) is 10.3 Å². The van der Waals surface area contributed by atoms with Gasteiger partial charge in [0.05, 0.1) is 35.9 Å². The molecule has 0 radical (unpaired) electrons. The number of methoxy groups -OCH3 is 1. The third-order valence-electron chi connectivity index (χ3n) is 6.64. The second-order valence-corrected chi connectivity index (χ2v) is 9.17. The van der Waals surface area contributed by atoms with Crippen molar-refractivity contribution in [2.75, 3.05) is 12.0 Å². The molecule has 0 spiro atoms. The second kappa shape index (κ2) is 9.55. The van der Waals surface area contributed by atoms with Gasteiger partial charge < -0.3 is 24.6 Å². The molecule has 2 atom stereocenters. The number of nitro benzene ring substituents is 1. The number of aromatic nitrogens is 2. The highest BCUT2D eigenvalue weighted by Gasteiger charge is 2.42. The lowest BCUT2D eigenvalue weighted by Gasteiger charge is -2.28. The van der Waals surface area contributed by atoms with E-state index in [0.717, 1.165) is 28.3 Å². The lowest BCUT2D eigenvalue weighted by Crippen LogP contribution is -2.29. The maximum atomic E-state index is 12.0. The van der Waals surface area contributed by atoms with Crippen molar-refractivity contribution in [3.05, 3.63) is 106 Å². The molecular weight excluding hydrogens is 490 g/mol. The zero-order valence-corrected chi connectivity index (χ0v) is 21.3. The number of hydrogen-bond acceptors (Lipinski definition) is 6. The molecule has 0 aliphatic carbocycles. The number of phenolic OH excluding ortho intramolecular Hbond substituents is 1. The van der Waals surface area contributed by atoms with E-state index in [1.165, 1.54) is 13.2 Å². The van der Waals surface area contributed by atoms with Crippen LogP contribution in [0.15, 0.2) is 72.9 Å². The number of ether oxygens (including phenoxy) is 1. The number of nitrogens with zero attached hydrogens (tertiary/aromatic N) is 4. The fourth-order valence-corrected chi connectivity index (χ4v) is 5.33. The van der Waals surface area contributed by atoms with Crippen molar-refractivity contribution in [1.29, 1.82) is 0 Å². The highest BCUT2D eigenvalue weighted by atomic mass is 32.1. The summed E-state index contributed by atoms with van der Waals surface area (Å²) >= 11 is 5.78. The monoisotopic (exact) mass is 515 g/mol. The lowest BCUT2D eigenvalue weighted by atomic mass is 9.96. The van der Waals surface area contributed by atoms with Crippen molar-refractivity contribution < 1.29 is 14.8 Å². The Balaban J connectivity index is 1.70. The van der Waals surface area contributed by atoms with Crippen LogP contribution in [0.3, 0.4) is 0 Å². The van der Waals surface area contributed by atoms with Crippen molar-refractivity contribution in [2.24, 2.45) is 0 Å². The molecular formula is C27H25N5O4S. The molecule has 2 aromatic carbocycles. The number of thiocarbonyl (C=S) groups is 1. The predicted octanol–water partition coefficient (Wildman–Crippen LogP) is 5.29. The number of pyridine rings is 1. The molecule has 0 amide bonds. The smallest absolute Gasteiger partial charge is 0.296 e. The van der Waals surface area contributed by atoms with E-state index in [0.29, 0.717) is 16.5 Å². The molecule has 0 unspecified atom stereocenters. The van der Waals surface area contributed by atoms with E-state index in [4.69, 9.17) is 17.0 Å². The summed E-state index contributed by atoms with van der Waals surface area (Å²) in [6.07, 6.45) is 1.74. The zero-order valence-electron chi connectivity index (χ0n) is 20.5. The van der Waals surface area contributed by atoms with Gasteiger partial charge in [0.25, 0.3) is 5.69 Å². The molecule has 1 aliphatic heterocycles. The number of anilines is 1. The summed E-state index contributed by atoms with van der Waals surface area (Å²) in [5, 5.41) is 25.8. The number of benzene rings is 2. The molecule has 10 heteroatoms. The minimum absolute atomic E-state index is 0.0514. The number of rotatable bonds is 6. The van der Waals surface area contributed by atoms with E-state index in [1.807, 2.05) is 59.7 Å². The standard InChI is InChI=1S/C27H25N5O4S/c1-16-14-21(17(2)30(16)23-12-11-20(36-3)15-24(23)32(34)35)26-25(22-6-4-5-13-28-22)29-27(37)31(26)18-7-9-19(33)10-8-18/h4-15,25-26,33H,1-3H3,(H,29,37)/t25-,26+/m1/s1. The molecule has 2 aromatic heterocycles. The third-order valence-corrected chi connectivity index (χ3v) is 6.95. The summed E-state index contributed by atoms with van der Waals surface area (Å²) in [7, 11) is 1.48. The number of nitrogens with one attached hydrogen (secondary N) is 1. The first-order valence-electron chi connectivity index (χ1n) is 11.6. The van der Waals surface area contributed by atoms with Crippen molar-refractivity contribution >= 4 is 28.7 Å². The average molecular weight is 516 g/mol. The van der Waals surface area contributed by atoms with Gasteiger partial charge in [0.2, 0.25) is 0 Å². The highest BCUT2D eigenvalue weighted by Crippen LogP contribution is 2.44. The van der Waals surface area contributed by atoms with E-state index in [-0.39, 0.29) is 23.5 Å². The molecule has 37 heavy (non-hydrogen) atoms. The van der Waals surface area contributed by atoms with Crippen molar-refractivity contribution in [1.82, 2.24) is 14.9 Å². The molecule has 4 aromatic rings. The number of aromatic hydroxyl groups is 1. The van der Waals surface area contributed by atoms with Crippen LogP contribution in [-0.2, 0) is 0 Å². The van der Waals surface area contributed by atoms with Gasteiger partial charge in [-0.05, 0) is 86.2 Å². The van der Waals surface area contributed by atoms with Crippen LogP contribution in [0.25, 0.3) is 5.69 Å². The van der Waals surface area contributed by atoms with Gasteiger partial charge in [-0.25, -0.2) is 0 Å². The largest absolute Gasteiger partial charge is 0.508 e. The van der Waals surface area contributed by atoms with Gasteiger partial charge in [-0.2, -0.15) is 0 Å². The fraction of sp³-hybridized carbons (Fsp3) is 0.185. The number of phenols is 1. The topological polar surface area (TPSA) is 106 Å². The van der Waals surface area contributed by atoms with E-state index >= 15 is 0 Å². The first kappa shape index (κ1) is 24.3. The van der Waals surface area contributed by atoms with Crippen LogP contribution >= 0.6 is 12.2 Å². The van der Waals surface area contributed by atoms with Crippen LogP contribution in [0.2, 0.25) is 0 Å². The van der Waals surface area contributed by atoms with Crippen LogP contribution in [-0.4, -0.2) is 31.8 Å². The Morgan fingerprint density at radius 3 is 2.51 bits per heavy atom. The number of aryl methyl sites for hydroxylation is 1. The maximum absolute atomic E-state index is 12.0. The SMILES string of the molecule is COc1ccc(-n2c(C)cc([C@H]3[C@@H](c4ccccn4)NC(=S)N3c3ccc(O)cc3)c2C)c([N+](=O)[O-])c1. The van der Waals surface area contributed by atoms with Gasteiger partial charge in [0.1, 0.15) is 17.2 Å². The first-order chi connectivity index (χ1) is 17.8. The van der Waals surface area contributed by atoms with Crippen LogP contribution in [0, 0.1) is 24.0 Å². The third kappa shape index (κ3) is 4.25. The molecule has 1 aliphatic rings. The molecule has 3 heterocycles. The molecule has 0 saturated carbocycles. The summed E-state index contributed by atoms with van der Waals surface area (Å²) in [4.78, 5) is 18.2. The Kier molecular flexibility index (Phi) is 6.26.